The first-order valence-electron chi connectivity index (χ1n) is 7.21. The summed E-state index contributed by atoms with van der Waals surface area (Å²) in [5.41, 5.74) is 10.7. The Balaban J connectivity index is 1.71. The predicted molar refractivity (Wildman–Crippen MR) is 89.6 cm³/mol. The first-order chi connectivity index (χ1) is 10.7. The number of nitrogens with two attached hydrogens (primary N) is 1. The molecule has 3 heteroatoms. The van der Waals surface area contributed by atoms with E-state index < -0.39 is 0 Å². The van der Waals surface area contributed by atoms with Crippen LogP contribution in [0.5, 0.6) is 5.75 Å². The van der Waals surface area contributed by atoms with Crippen LogP contribution in [0.4, 0.5) is 5.69 Å². The van der Waals surface area contributed by atoms with Crippen molar-refractivity contribution in [2.75, 3.05) is 5.73 Å². The molecular formula is C19H18N2O. The molecule has 0 unspecified atom stereocenters. The second kappa shape index (κ2) is 6.31. The van der Waals surface area contributed by atoms with Gasteiger partial charge in [0.15, 0.2) is 0 Å². The summed E-state index contributed by atoms with van der Waals surface area (Å²) in [6.07, 6.45) is 1.84. The zero-order valence-corrected chi connectivity index (χ0v) is 12.5. The number of aromatic nitrogens is 1. The van der Waals surface area contributed by atoms with Gasteiger partial charge in [-0.3, -0.25) is 4.98 Å². The van der Waals surface area contributed by atoms with E-state index >= 15 is 0 Å². The highest BCUT2D eigenvalue weighted by Gasteiger charge is 2.02. The number of pyridine rings is 1. The average molecular weight is 290 g/mol. The van der Waals surface area contributed by atoms with Crippen LogP contribution >= 0.6 is 0 Å². The van der Waals surface area contributed by atoms with Crippen LogP contribution in [-0.2, 0) is 6.61 Å². The maximum Gasteiger partial charge on any atom is 0.119 e. The number of ether oxygens (including phenoxy) is 1. The molecule has 0 spiro atoms. The van der Waals surface area contributed by atoms with E-state index in [0.29, 0.717) is 12.3 Å². The fraction of sp³-hybridized carbons (Fsp3) is 0.105. The van der Waals surface area contributed by atoms with Crippen LogP contribution in [-0.4, -0.2) is 4.98 Å². The van der Waals surface area contributed by atoms with Crippen molar-refractivity contribution in [2.24, 2.45) is 0 Å². The summed E-state index contributed by atoms with van der Waals surface area (Å²) in [6.45, 7) is 2.47. The number of benzene rings is 2. The van der Waals surface area contributed by atoms with Crippen LogP contribution in [0, 0.1) is 6.92 Å². The molecule has 3 aromatic rings. The predicted octanol–water partition coefficient (Wildman–Crippen LogP) is 4.22. The Labute approximate surface area is 130 Å². The van der Waals surface area contributed by atoms with Crippen LogP contribution in [0.3, 0.4) is 0 Å². The Morgan fingerprint density at radius 1 is 0.955 bits per heavy atom. The van der Waals surface area contributed by atoms with Gasteiger partial charge in [0.2, 0.25) is 0 Å². The van der Waals surface area contributed by atoms with Crippen LogP contribution in [0.15, 0.2) is 66.9 Å². The second-order valence-electron chi connectivity index (χ2n) is 5.20. The minimum Gasteiger partial charge on any atom is -0.489 e. The Kier molecular flexibility index (Phi) is 4.05. The molecule has 0 fully saturated rings. The van der Waals surface area contributed by atoms with E-state index in [1.807, 2.05) is 61.7 Å². The second-order valence-corrected chi connectivity index (χ2v) is 5.20. The Bertz CT molecular complexity index is 752. The molecule has 0 aliphatic carbocycles. The fourth-order valence-corrected chi connectivity index (χ4v) is 2.19. The van der Waals surface area contributed by atoms with E-state index in [1.165, 1.54) is 0 Å². The molecule has 2 aromatic carbocycles. The number of aryl methyl sites for hydroxylation is 1. The number of nitrogens with zero attached hydrogens (tertiary/aromatic N) is 1. The van der Waals surface area contributed by atoms with Crippen LogP contribution in [0.25, 0.3) is 11.1 Å². The lowest BCUT2D eigenvalue weighted by Crippen LogP contribution is -1.95. The molecule has 0 bridgehead atoms. The van der Waals surface area contributed by atoms with Gasteiger partial charge >= 0.3 is 0 Å². The highest BCUT2D eigenvalue weighted by Crippen LogP contribution is 2.24. The maximum absolute atomic E-state index is 5.91. The molecule has 0 amide bonds. The van der Waals surface area contributed by atoms with E-state index in [1.54, 1.807) is 0 Å². The van der Waals surface area contributed by atoms with Gasteiger partial charge < -0.3 is 10.5 Å². The van der Waals surface area contributed by atoms with Crippen LogP contribution < -0.4 is 10.5 Å². The lowest BCUT2D eigenvalue weighted by molar-refractivity contribution is 0.306. The van der Waals surface area contributed by atoms with Crippen molar-refractivity contribution in [3.8, 4) is 16.9 Å². The third-order valence-electron chi connectivity index (χ3n) is 3.56. The summed E-state index contributed by atoms with van der Waals surface area (Å²) in [6, 6.07) is 20.0. The van der Waals surface area contributed by atoms with Gasteiger partial charge in [-0.25, -0.2) is 0 Å². The lowest BCUT2D eigenvalue weighted by Gasteiger charge is -2.08. The van der Waals surface area contributed by atoms with E-state index in [4.69, 9.17) is 10.5 Å². The summed E-state index contributed by atoms with van der Waals surface area (Å²) in [7, 11) is 0. The smallest absolute Gasteiger partial charge is 0.119 e. The molecule has 0 aliphatic heterocycles. The first kappa shape index (κ1) is 14.1. The van der Waals surface area contributed by atoms with Crippen molar-refractivity contribution in [3.63, 3.8) is 0 Å². The summed E-state index contributed by atoms with van der Waals surface area (Å²) >= 11 is 0. The highest BCUT2D eigenvalue weighted by atomic mass is 16.5. The van der Waals surface area contributed by atoms with E-state index in [2.05, 4.69) is 17.1 Å². The Morgan fingerprint density at radius 2 is 1.68 bits per heavy atom. The SMILES string of the molecule is Cc1ncc(-c2ccc(OCc3ccccc3)cc2)cc1N. The summed E-state index contributed by atoms with van der Waals surface area (Å²) in [5, 5.41) is 0. The molecule has 3 nitrogen and oxygen atoms in total. The quantitative estimate of drug-likeness (QED) is 0.782. The van der Waals surface area contributed by atoms with Gasteiger partial charge in [0.1, 0.15) is 12.4 Å². The average Bonchev–Trinajstić information content (AvgIpc) is 2.57. The molecule has 110 valence electrons. The lowest BCUT2D eigenvalue weighted by atomic mass is 10.1. The topological polar surface area (TPSA) is 48.1 Å². The molecule has 3 rings (SSSR count). The van der Waals surface area contributed by atoms with Gasteiger partial charge in [-0.15, -0.1) is 0 Å². The normalized spacial score (nSPS) is 10.4. The van der Waals surface area contributed by atoms with Gasteiger partial charge in [-0.2, -0.15) is 0 Å². The van der Waals surface area contributed by atoms with Gasteiger partial charge in [-0.05, 0) is 36.2 Å². The standard InChI is InChI=1S/C19H18N2O/c1-14-19(20)11-17(12-21-14)16-7-9-18(10-8-16)22-13-15-5-3-2-4-6-15/h2-12H,13,20H2,1H3. The molecule has 0 aliphatic rings. The van der Waals surface area contributed by atoms with Crippen molar-refractivity contribution in [2.45, 2.75) is 13.5 Å². The van der Waals surface area contributed by atoms with Gasteiger partial charge in [0.05, 0.1) is 11.4 Å². The van der Waals surface area contributed by atoms with Crippen molar-refractivity contribution in [3.05, 3.63) is 78.1 Å². The number of hydrogen-bond acceptors (Lipinski definition) is 3. The molecule has 2 N–H and O–H groups in total. The molecular weight excluding hydrogens is 272 g/mol. The molecule has 0 saturated heterocycles. The summed E-state index contributed by atoms with van der Waals surface area (Å²) in [4.78, 5) is 4.30. The first-order valence-corrected chi connectivity index (χ1v) is 7.21. The summed E-state index contributed by atoms with van der Waals surface area (Å²) < 4.78 is 5.79. The third kappa shape index (κ3) is 3.26. The molecule has 0 radical (unpaired) electrons. The third-order valence-corrected chi connectivity index (χ3v) is 3.56. The van der Waals surface area contributed by atoms with E-state index in [0.717, 1.165) is 28.1 Å². The van der Waals surface area contributed by atoms with Crippen LogP contribution in [0.2, 0.25) is 0 Å². The molecule has 0 atom stereocenters. The van der Waals surface area contributed by atoms with Crippen molar-refractivity contribution in [1.29, 1.82) is 0 Å². The van der Waals surface area contributed by atoms with Gasteiger partial charge in [-0.1, -0.05) is 42.5 Å². The highest BCUT2D eigenvalue weighted by molar-refractivity contribution is 5.67. The zero-order chi connectivity index (χ0) is 15.4. The largest absolute Gasteiger partial charge is 0.489 e. The minimum absolute atomic E-state index is 0.569. The molecule has 22 heavy (non-hydrogen) atoms. The van der Waals surface area contributed by atoms with Crippen LogP contribution in [0.1, 0.15) is 11.3 Å². The van der Waals surface area contributed by atoms with Crippen molar-refractivity contribution in [1.82, 2.24) is 4.98 Å². The molecule has 0 saturated carbocycles. The van der Waals surface area contributed by atoms with E-state index in [9.17, 15) is 0 Å². The summed E-state index contributed by atoms with van der Waals surface area (Å²) in [5.74, 6) is 0.848. The molecule has 1 aromatic heterocycles. The van der Waals surface area contributed by atoms with Gasteiger partial charge in [0.25, 0.3) is 0 Å². The fourth-order valence-electron chi connectivity index (χ4n) is 2.19. The number of nitrogen functional groups attached to an aromatic ring is 1. The zero-order valence-electron chi connectivity index (χ0n) is 12.5. The minimum atomic E-state index is 0.569. The van der Waals surface area contributed by atoms with Gasteiger partial charge in [0, 0.05) is 11.8 Å². The molecule has 1 heterocycles. The van der Waals surface area contributed by atoms with Crippen molar-refractivity contribution >= 4 is 5.69 Å². The number of hydrogen-bond donors (Lipinski definition) is 1. The Hall–Kier alpha value is -2.81. The number of rotatable bonds is 4. The Morgan fingerprint density at radius 3 is 2.36 bits per heavy atom. The van der Waals surface area contributed by atoms with Crippen molar-refractivity contribution < 1.29 is 4.74 Å². The monoisotopic (exact) mass is 290 g/mol. The maximum atomic E-state index is 5.91. The number of anilines is 1. The van der Waals surface area contributed by atoms with E-state index in [-0.39, 0.29) is 0 Å².